The first-order valence-electron chi connectivity index (χ1n) is 14.9. The van der Waals surface area contributed by atoms with Crippen LogP contribution in [0.15, 0.2) is 101 Å². The minimum absolute atomic E-state index is 0.0761. The van der Waals surface area contributed by atoms with Gasteiger partial charge in [-0.3, -0.25) is 14.1 Å². The predicted molar refractivity (Wildman–Crippen MR) is 185 cm³/mol. The Hall–Kier alpha value is -5.19. The van der Waals surface area contributed by atoms with Crippen molar-refractivity contribution >= 4 is 50.2 Å². The number of anilines is 1. The van der Waals surface area contributed by atoms with Gasteiger partial charge in [0.1, 0.15) is 17.1 Å². The number of furan rings is 1. The molecular formula is C37H36N2O7S. The number of methoxy groups -OCH3 is 1. The summed E-state index contributed by atoms with van der Waals surface area (Å²) in [6.07, 6.45) is 1.70. The molecule has 0 atom stereocenters. The molecular weight excluding hydrogens is 616 g/mol. The van der Waals surface area contributed by atoms with Gasteiger partial charge >= 0.3 is 0 Å². The van der Waals surface area contributed by atoms with Crippen molar-refractivity contribution in [2.24, 2.45) is 0 Å². The Balaban J connectivity index is 1.43. The van der Waals surface area contributed by atoms with Crippen LogP contribution in [0.4, 0.5) is 5.69 Å². The maximum Gasteiger partial charge on any atom is 0.266 e. The van der Waals surface area contributed by atoms with Gasteiger partial charge in [-0.25, -0.2) is 0 Å². The van der Waals surface area contributed by atoms with Crippen molar-refractivity contribution < 1.29 is 31.7 Å². The maximum atomic E-state index is 13.9. The number of hydrogen-bond donors (Lipinski definition) is 3. The summed E-state index contributed by atoms with van der Waals surface area (Å²) in [5, 5.41) is 6.47. The lowest BCUT2D eigenvalue weighted by molar-refractivity contribution is -0.111. The normalized spacial score (nSPS) is 12.1. The van der Waals surface area contributed by atoms with Crippen molar-refractivity contribution in [3.8, 4) is 17.1 Å². The summed E-state index contributed by atoms with van der Waals surface area (Å²) in [6, 6.07) is 29.7. The largest absolute Gasteiger partial charge is 0.496 e. The van der Waals surface area contributed by atoms with E-state index in [1.807, 2.05) is 78.9 Å². The van der Waals surface area contributed by atoms with Crippen LogP contribution in [0.25, 0.3) is 33.9 Å². The number of benzene rings is 4. The standard InChI is InChI=1S/C37H36N2O7S/c1-37(2,3)29-15-11-24(12-16-29)31(21-27-9-10-28(23-33(27)45-4)35(40)38-19-20-47(42,43)44)36(41)39-30-17-13-25(14-18-30)34-22-26-7-5-6-8-32(26)46-34/h5-18,21-23H,19-20H2,1-4H3,(H,38,40)(H,39,41)(H,42,43,44)/b31-21+. The molecule has 242 valence electrons. The van der Waals surface area contributed by atoms with Gasteiger partial charge in [-0.05, 0) is 71.1 Å². The second kappa shape index (κ2) is 13.7. The minimum Gasteiger partial charge on any atom is -0.496 e. The molecule has 2 amide bonds. The first-order valence-corrected chi connectivity index (χ1v) is 16.6. The summed E-state index contributed by atoms with van der Waals surface area (Å²) >= 11 is 0. The van der Waals surface area contributed by atoms with E-state index in [0.29, 0.717) is 28.1 Å². The van der Waals surface area contributed by atoms with E-state index in [0.717, 1.165) is 27.9 Å². The van der Waals surface area contributed by atoms with Gasteiger partial charge in [-0.2, -0.15) is 8.42 Å². The second-order valence-electron chi connectivity index (χ2n) is 12.1. The molecule has 0 radical (unpaired) electrons. The highest BCUT2D eigenvalue weighted by molar-refractivity contribution is 7.85. The zero-order chi connectivity index (χ0) is 33.8. The van der Waals surface area contributed by atoms with Crippen LogP contribution in [0.1, 0.15) is 47.8 Å². The van der Waals surface area contributed by atoms with Gasteiger partial charge in [-0.15, -0.1) is 0 Å². The second-order valence-corrected chi connectivity index (χ2v) is 13.6. The van der Waals surface area contributed by atoms with Crippen molar-refractivity contribution in [3.63, 3.8) is 0 Å². The monoisotopic (exact) mass is 652 g/mol. The van der Waals surface area contributed by atoms with E-state index in [-0.39, 0.29) is 23.4 Å². The summed E-state index contributed by atoms with van der Waals surface area (Å²) in [5.74, 6) is -0.430. The van der Waals surface area contributed by atoms with Crippen LogP contribution in [0.5, 0.6) is 5.75 Å². The van der Waals surface area contributed by atoms with E-state index in [1.165, 1.54) is 13.2 Å². The van der Waals surface area contributed by atoms with Gasteiger partial charge in [0.15, 0.2) is 0 Å². The van der Waals surface area contributed by atoms with E-state index >= 15 is 0 Å². The van der Waals surface area contributed by atoms with Gasteiger partial charge in [0.05, 0.1) is 12.9 Å². The van der Waals surface area contributed by atoms with E-state index in [2.05, 4.69) is 31.4 Å². The molecule has 5 aromatic rings. The number of para-hydroxylation sites is 1. The Morgan fingerprint density at radius 2 is 1.57 bits per heavy atom. The van der Waals surface area contributed by atoms with Gasteiger partial charge in [0.25, 0.3) is 21.9 Å². The topological polar surface area (TPSA) is 135 Å². The van der Waals surface area contributed by atoms with Crippen LogP contribution < -0.4 is 15.4 Å². The molecule has 1 aromatic heterocycles. The molecule has 3 N–H and O–H groups in total. The third-order valence-electron chi connectivity index (χ3n) is 7.60. The summed E-state index contributed by atoms with van der Waals surface area (Å²) in [7, 11) is -2.76. The Morgan fingerprint density at radius 3 is 2.21 bits per heavy atom. The molecule has 0 fully saturated rings. The average molecular weight is 653 g/mol. The molecule has 4 aromatic carbocycles. The van der Waals surface area contributed by atoms with E-state index in [1.54, 1.807) is 18.2 Å². The van der Waals surface area contributed by atoms with Crippen LogP contribution in [0, 0.1) is 0 Å². The lowest BCUT2D eigenvalue weighted by Gasteiger charge is -2.19. The zero-order valence-electron chi connectivity index (χ0n) is 26.5. The number of nitrogens with one attached hydrogen (secondary N) is 2. The molecule has 47 heavy (non-hydrogen) atoms. The fraction of sp³-hybridized carbons (Fsp3) is 0.189. The number of rotatable bonds is 10. The van der Waals surface area contributed by atoms with Gasteiger partial charge < -0.3 is 19.8 Å². The highest BCUT2D eigenvalue weighted by Gasteiger charge is 2.19. The molecule has 0 aliphatic carbocycles. The Labute approximate surface area is 274 Å². The molecule has 0 unspecified atom stereocenters. The van der Waals surface area contributed by atoms with E-state index < -0.39 is 21.8 Å². The van der Waals surface area contributed by atoms with E-state index in [4.69, 9.17) is 13.7 Å². The molecule has 0 saturated heterocycles. The van der Waals surface area contributed by atoms with Crippen LogP contribution in [0.3, 0.4) is 0 Å². The Morgan fingerprint density at radius 1 is 0.894 bits per heavy atom. The van der Waals surface area contributed by atoms with Gasteiger partial charge in [0.2, 0.25) is 0 Å². The van der Waals surface area contributed by atoms with Crippen molar-refractivity contribution in [2.75, 3.05) is 24.7 Å². The summed E-state index contributed by atoms with van der Waals surface area (Å²) in [6.45, 7) is 6.10. The smallest absolute Gasteiger partial charge is 0.266 e. The van der Waals surface area contributed by atoms with Crippen LogP contribution in [-0.2, 0) is 20.3 Å². The quantitative estimate of drug-likeness (QED) is 0.0825. The Bertz CT molecular complexity index is 2020. The third kappa shape index (κ3) is 8.35. The third-order valence-corrected chi connectivity index (χ3v) is 8.32. The Kier molecular flexibility index (Phi) is 9.64. The summed E-state index contributed by atoms with van der Waals surface area (Å²) in [4.78, 5) is 26.5. The highest BCUT2D eigenvalue weighted by atomic mass is 32.2. The van der Waals surface area contributed by atoms with Crippen molar-refractivity contribution in [1.29, 1.82) is 0 Å². The van der Waals surface area contributed by atoms with Crippen molar-refractivity contribution in [3.05, 3.63) is 119 Å². The summed E-state index contributed by atoms with van der Waals surface area (Å²) in [5.41, 5.74) is 5.13. The molecule has 10 heteroatoms. The van der Waals surface area contributed by atoms with E-state index in [9.17, 15) is 18.0 Å². The first kappa shape index (κ1) is 33.2. The molecule has 9 nitrogen and oxygen atoms in total. The fourth-order valence-corrected chi connectivity index (χ4v) is 5.35. The average Bonchev–Trinajstić information content (AvgIpc) is 3.47. The fourth-order valence-electron chi connectivity index (χ4n) is 4.99. The molecule has 0 aliphatic rings. The molecule has 0 spiro atoms. The SMILES string of the molecule is COc1cc(C(=O)NCCS(=O)(=O)O)ccc1/C=C(/C(=O)Nc1ccc(-c2cc3ccccc3o2)cc1)c1ccc(C(C)(C)C)cc1. The number of carbonyl (C=O) groups excluding carboxylic acids is 2. The number of amides is 2. The van der Waals surface area contributed by atoms with Gasteiger partial charge in [-0.1, -0.05) is 69.3 Å². The molecule has 0 aliphatic heterocycles. The lowest BCUT2D eigenvalue weighted by atomic mass is 9.86. The number of ether oxygens (including phenoxy) is 1. The minimum atomic E-state index is -4.21. The summed E-state index contributed by atoms with van der Waals surface area (Å²) < 4.78 is 42.5. The molecule has 0 bridgehead atoms. The predicted octanol–water partition coefficient (Wildman–Crippen LogP) is 7.20. The number of fused-ring (bicyclic) bond motifs is 1. The maximum absolute atomic E-state index is 13.9. The molecule has 1 heterocycles. The number of carbonyl (C=O) groups is 2. The molecule has 5 rings (SSSR count). The number of hydrogen-bond acceptors (Lipinski definition) is 6. The molecule has 0 saturated carbocycles. The van der Waals surface area contributed by atoms with Crippen LogP contribution >= 0.6 is 0 Å². The van der Waals surface area contributed by atoms with Crippen LogP contribution in [0.2, 0.25) is 0 Å². The first-order chi connectivity index (χ1) is 22.3. The lowest BCUT2D eigenvalue weighted by Crippen LogP contribution is -2.28. The zero-order valence-corrected chi connectivity index (χ0v) is 27.4. The van der Waals surface area contributed by atoms with Crippen LogP contribution in [-0.4, -0.2) is 44.2 Å². The van der Waals surface area contributed by atoms with Crippen molar-refractivity contribution in [2.45, 2.75) is 26.2 Å². The van der Waals surface area contributed by atoms with Crippen molar-refractivity contribution in [1.82, 2.24) is 5.32 Å². The van der Waals surface area contributed by atoms with Gasteiger partial charge in [0, 0.05) is 39.9 Å². The highest BCUT2D eigenvalue weighted by Crippen LogP contribution is 2.31.